The summed E-state index contributed by atoms with van der Waals surface area (Å²) >= 11 is 10.6. The molecule has 88 valence electrons. The van der Waals surface area contributed by atoms with E-state index in [9.17, 15) is 4.79 Å². The van der Waals surface area contributed by atoms with Gasteiger partial charge in [-0.3, -0.25) is 4.79 Å². The van der Waals surface area contributed by atoms with Gasteiger partial charge in [-0.2, -0.15) is 0 Å². The molecule has 0 bridgehead atoms. The van der Waals surface area contributed by atoms with Crippen LogP contribution in [0.5, 0.6) is 0 Å². The summed E-state index contributed by atoms with van der Waals surface area (Å²) in [7, 11) is 0. The molecule has 0 fully saturated rings. The number of carbonyl (C=O) groups excluding carboxylic acids is 1. The Labute approximate surface area is 116 Å². The molecule has 2 aromatic heterocycles. The highest BCUT2D eigenvalue weighted by Gasteiger charge is 2.06. The van der Waals surface area contributed by atoms with Crippen LogP contribution >= 0.6 is 38.9 Å². The minimum absolute atomic E-state index is 0.154. The van der Waals surface area contributed by atoms with Crippen LogP contribution in [0.1, 0.15) is 15.2 Å². The number of rotatable bonds is 3. The van der Waals surface area contributed by atoms with E-state index in [1.807, 2.05) is 11.4 Å². The molecular weight excluding hydrogens is 324 g/mol. The first-order valence-electron chi connectivity index (χ1n) is 4.78. The molecule has 0 radical (unpaired) electrons. The van der Waals surface area contributed by atoms with Gasteiger partial charge in [0.1, 0.15) is 5.15 Å². The number of thiophene rings is 1. The van der Waals surface area contributed by atoms with Gasteiger partial charge in [0.15, 0.2) is 0 Å². The lowest BCUT2D eigenvalue weighted by molar-refractivity contribution is 0.0951. The number of nitrogens with one attached hydrogen (secondary N) is 1. The highest BCUT2D eigenvalue weighted by Crippen LogP contribution is 2.19. The van der Waals surface area contributed by atoms with E-state index in [2.05, 4.69) is 26.2 Å². The van der Waals surface area contributed by atoms with Crippen LogP contribution < -0.4 is 5.32 Å². The first kappa shape index (κ1) is 12.5. The second-order valence-corrected chi connectivity index (χ2v) is 5.58. The quantitative estimate of drug-likeness (QED) is 0.875. The molecule has 0 spiro atoms. The maximum Gasteiger partial charge on any atom is 0.253 e. The molecule has 0 atom stereocenters. The molecule has 6 heteroatoms. The molecule has 0 aliphatic heterocycles. The van der Waals surface area contributed by atoms with Crippen LogP contribution in [0.15, 0.2) is 34.2 Å². The fraction of sp³-hybridized carbons (Fsp3) is 0.0909. The highest BCUT2D eigenvalue weighted by atomic mass is 79.9. The Bertz CT molecular complexity index is 527. The van der Waals surface area contributed by atoms with Crippen LogP contribution in [-0.4, -0.2) is 10.9 Å². The monoisotopic (exact) mass is 330 g/mol. The Morgan fingerprint density at radius 3 is 2.94 bits per heavy atom. The molecule has 17 heavy (non-hydrogen) atoms. The number of nitrogens with zero attached hydrogens (tertiary/aromatic N) is 1. The van der Waals surface area contributed by atoms with Gasteiger partial charge in [0.05, 0.1) is 12.1 Å². The SMILES string of the molecule is O=C(NCc1cc(Br)cs1)c1ccc(Cl)nc1. The number of hydrogen-bond acceptors (Lipinski definition) is 3. The average Bonchev–Trinajstić information content (AvgIpc) is 2.73. The van der Waals surface area contributed by atoms with Gasteiger partial charge >= 0.3 is 0 Å². The Morgan fingerprint density at radius 1 is 1.53 bits per heavy atom. The van der Waals surface area contributed by atoms with Crippen LogP contribution in [0, 0.1) is 0 Å². The van der Waals surface area contributed by atoms with E-state index in [1.165, 1.54) is 6.20 Å². The summed E-state index contributed by atoms with van der Waals surface area (Å²) in [5, 5.41) is 5.17. The van der Waals surface area contributed by atoms with E-state index in [1.54, 1.807) is 23.5 Å². The fourth-order valence-electron chi connectivity index (χ4n) is 1.23. The van der Waals surface area contributed by atoms with Crippen molar-refractivity contribution in [2.75, 3.05) is 0 Å². The molecule has 2 heterocycles. The van der Waals surface area contributed by atoms with Gasteiger partial charge in [-0.05, 0) is 34.1 Å². The van der Waals surface area contributed by atoms with Crippen molar-refractivity contribution in [3.63, 3.8) is 0 Å². The predicted molar refractivity (Wildman–Crippen MR) is 72.4 cm³/mol. The lowest BCUT2D eigenvalue weighted by Gasteiger charge is -2.02. The maximum absolute atomic E-state index is 11.7. The maximum atomic E-state index is 11.7. The van der Waals surface area contributed by atoms with Gasteiger partial charge in [0.2, 0.25) is 0 Å². The summed E-state index contributed by atoms with van der Waals surface area (Å²) in [6.07, 6.45) is 1.46. The minimum atomic E-state index is -0.154. The number of carbonyl (C=O) groups is 1. The van der Waals surface area contributed by atoms with Crippen molar-refractivity contribution in [1.82, 2.24) is 10.3 Å². The number of halogens is 2. The summed E-state index contributed by atoms with van der Waals surface area (Å²) in [5.74, 6) is -0.154. The topological polar surface area (TPSA) is 42.0 Å². The molecule has 0 unspecified atom stereocenters. The molecular formula is C11H8BrClN2OS. The van der Waals surface area contributed by atoms with Crippen LogP contribution in [0.4, 0.5) is 0 Å². The summed E-state index contributed by atoms with van der Waals surface area (Å²) in [5.41, 5.74) is 0.505. The molecule has 2 aromatic rings. The van der Waals surface area contributed by atoms with Crippen molar-refractivity contribution in [2.24, 2.45) is 0 Å². The zero-order valence-corrected chi connectivity index (χ0v) is 11.8. The van der Waals surface area contributed by atoms with Crippen LogP contribution in [0.2, 0.25) is 5.15 Å². The van der Waals surface area contributed by atoms with Crippen LogP contribution in [-0.2, 0) is 6.54 Å². The van der Waals surface area contributed by atoms with E-state index < -0.39 is 0 Å². The second kappa shape index (κ2) is 5.62. The van der Waals surface area contributed by atoms with Gasteiger partial charge in [0.25, 0.3) is 5.91 Å². The first-order chi connectivity index (χ1) is 8.15. The van der Waals surface area contributed by atoms with Crippen molar-refractivity contribution >= 4 is 44.8 Å². The Morgan fingerprint density at radius 2 is 2.35 bits per heavy atom. The number of pyridine rings is 1. The standard InChI is InChI=1S/C11H8BrClN2OS/c12-8-3-9(17-6-8)5-15-11(16)7-1-2-10(13)14-4-7/h1-4,6H,5H2,(H,15,16). The van der Waals surface area contributed by atoms with Gasteiger partial charge < -0.3 is 5.32 Å². The summed E-state index contributed by atoms with van der Waals surface area (Å²) < 4.78 is 1.03. The Hall–Kier alpha value is -0.910. The molecule has 0 aliphatic rings. The lowest BCUT2D eigenvalue weighted by Crippen LogP contribution is -2.22. The first-order valence-corrected chi connectivity index (χ1v) is 6.83. The van der Waals surface area contributed by atoms with Crippen molar-refractivity contribution in [3.8, 4) is 0 Å². The summed E-state index contributed by atoms with van der Waals surface area (Å²) in [6.45, 7) is 0.512. The van der Waals surface area contributed by atoms with E-state index in [-0.39, 0.29) is 5.91 Å². The fourth-order valence-corrected chi connectivity index (χ4v) is 2.73. The largest absolute Gasteiger partial charge is 0.347 e. The zero-order chi connectivity index (χ0) is 12.3. The lowest BCUT2D eigenvalue weighted by atomic mass is 10.2. The van der Waals surface area contributed by atoms with E-state index >= 15 is 0 Å². The number of aromatic nitrogens is 1. The molecule has 0 aromatic carbocycles. The number of amides is 1. The molecule has 1 amide bonds. The molecule has 2 rings (SSSR count). The highest BCUT2D eigenvalue weighted by molar-refractivity contribution is 9.10. The van der Waals surface area contributed by atoms with E-state index in [4.69, 9.17) is 11.6 Å². The molecule has 3 nitrogen and oxygen atoms in total. The summed E-state index contributed by atoms with van der Waals surface area (Å²) in [4.78, 5) is 16.7. The van der Waals surface area contributed by atoms with E-state index in [0.717, 1.165) is 9.35 Å². The molecule has 0 aliphatic carbocycles. The Balaban J connectivity index is 1.95. The smallest absolute Gasteiger partial charge is 0.253 e. The molecule has 1 N–H and O–H groups in total. The van der Waals surface area contributed by atoms with Crippen LogP contribution in [0.25, 0.3) is 0 Å². The predicted octanol–water partition coefficient (Wildman–Crippen LogP) is 3.49. The van der Waals surface area contributed by atoms with Gasteiger partial charge in [-0.25, -0.2) is 4.98 Å². The average molecular weight is 332 g/mol. The second-order valence-electron chi connectivity index (χ2n) is 3.28. The Kier molecular flexibility index (Phi) is 4.15. The molecule has 0 saturated carbocycles. The van der Waals surface area contributed by atoms with Crippen LogP contribution in [0.3, 0.4) is 0 Å². The third-order valence-corrected chi connectivity index (χ3v) is 3.96. The van der Waals surface area contributed by atoms with Crippen molar-refractivity contribution < 1.29 is 4.79 Å². The number of hydrogen-bond donors (Lipinski definition) is 1. The zero-order valence-electron chi connectivity index (χ0n) is 8.61. The van der Waals surface area contributed by atoms with Crippen molar-refractivity contribution in [1.29, 1.82) is 0 Å². The van der Waals surface area contributed by atoms with E-state index in [0.29, 0.717) is 17.3 Å². The third kappa shape index (κ3) is 3.52. The summed E-state index contributed by atoms with van der Waals surface area (Å²) in [6, 6.07) is 5.22. The van der Waals surface area contributed by atoms with Crippen molar-refractivity contribution in [3.05, 3.63) is 49.8 Å². The normalized spacial score (nSPS) is 10.2. The van der Waals surface area contributed by atoms with Gasteiger partial charge in [-0.15, -0.1) is 11.3 Å². The van der Waals surface area contributed by atoms with Crippen molar-refractivity contribution in [2.45, 2.75) is 6.54 Å². The van der Waals surface area contributed by atoms with Gasteiger partial charge in [-0.1, -0.05) is 11.6 Å². The molecule has 0 saturated heterocycles. The van der Waals surface area contributed by atoms with Gasteiger partial charge in [0, 0.05) is 20.9 Å². The minimum Gasteiger partial charge on any atom is -0.347 e. The third-order valence-electron chi connectivity index (χ3n) is 2.03.